The van der Waals surface area contributed by atoms with E-state index in [1.54, 1.807) is 49.4 Å². The maximum atomic E-state index is 12.9. The van der Waals surface area contributed by atoms with E-state index in [1.165, 1.54) is 0 Å². The SMILES string of the molecule is CCOC(=O)COc1ccc(Br)cc1/C=C1/SC(=S)N(NC(=O)c2ccc(C)cc2Cl)C1=O. The molecule has 1 N–H and O–H groups in total. The monoisotopic (exact) mass is 568 g/mol. The molecular formula is C22H18BrClN2O5S2. The molecule has 172 valence electrons. The number of hydrogen-bond donors (Lipinski definition) is 1. The van der Waals surface area contributed by atoms with Crippen LogP contribution in [0, 0.1) is 6.92 Å². The molecule has 2 aromatic rings. The average Bonchev–Trinajstić information content (AvgIpc) is 3.00. The highest BCUT2D eigenvalue weighted by Crippen LogP contribution is 2.34. The minimum Gasteiger partial charge on any atom is -0.481 e. The summed E-state index contributed by atoms with van der Waals surface area (Å²) < 4.78 is 11.3. The Morgan fingerprint density at radius 1 is 1.27 bits per heavy atom. The van der Waals surface area contributed by atoms with Gasteiger partial charge in [-0.15, -0.1) is 0 Å². The van der Waals surface area contributed by atoms with Crippen molar-refractivity contribution in [2.75, 3.05) is 13.2 Å². The van der Waals surface area contributed by atoms with Gasteiger partial charge in [-0.05, 0) is 68.0 Å². The Morgan fingerprint density at radius 3 is 2.73 bits per heavy atom. The summed E-state index contributed by atoms with van der Waals surface area (Å²) in [4.78, 5) is 37.5. The first-order valence-corrected chi connectivity index (χ1v) is 12.0. The summed E-state index contributed by atoms with van der Waals surface area (Å²) in [6.07, 6.45) is 1.58. The van der Waals surface area contributed by atoms with Crippen molar-refractivity contribution >= 4 is 79.7 Å². The molecule has 1 heterocycles. The van der Waals surface area contributed by atoms with E-state index in [1.807, 2.05) is 6.92 Å². The third kappa shape index (κ3) is 6.35. The molecule has 0 bridgehead atoms. The van der Waals surface area contributed by atoms with E-state index in [4.69, 9.17) is 33.3 Å². The van der Waals surface area contributed by atoms with Crippen molar-refractivity contribution in [3.05, 3.63) is 67.5 Å². The average molecular weight is 570 g/mol. The summed E-state index contributed by atoms with van der Waals surface area (Å²) in [5, 5.41) is 1.27. The molecule has 0 spiro atoms. The van der Waals surface area contributed by atoms with Gasteiger partial charge in [0.1, 0.15) is 5.75 Å². The van der Waals surface area contributed by atoms with Crippen molar-refractivity contribution in [1.29, 1.82) is 0 Å². The Morgan fingerprint density at radius 2 is 2.03 bits per heavy atom. The lowest BCUT2D eigenvalue weighted by Gasteiger charge is -2.16. The van der Waals surface area contributed by atoms with E-state index in [0.717, 1.165) is 26.8 Å². The number of nitrogens with one attached hydrogen (secondary N) is 1. The number of carbonyl (C=O) groups excluding carboxylic acids is 3. The van der Waals surface area contributed by atoms with Crippen molar-refractivity contribution in [2.24, 2.45) is 0 Å². The van der Waals surface area contributed by atoms with Gasteiger partial charge in [0.15, 0.2) is 10.9 Å². The summed E-state index contributed by atoms with van der Waals surface area (Å²) >= 11 is 15.9. The number of esters is 1. The molecule has 0 aromatic heterocycles. The van der Waals surface area contributed by atoms with Gasteiger partial charge in [-0.3, -0.25) is 15.0 Å². The summed E-state index contributed by atoms with van der Waals surface area (Å²) in [6, 6.07) is 10.1. The zero-order valence-corrected chi connectivity index (χ0v) is 21.5. The first-order valence-electron chi connectivity index (χ1n) is 9.62. The summed E-state index contributed by atoms with van der Waals surface area (Å²) in [5.74, 6) is -1.18. The highest BCUT2D eigenvalue weighted by atomic mass is 79.9. The Labute approximate surface area is 213 Å². The Balaban J connectivity index is 1.80. The van der Waals surface area contributed by atoms with Crippen molar-refractivity contribution in [3.63, 3.8) is 0 Å². The largest absolute Gasteiger partial charge is 0.481 e. The molecule has 3 rings (SSSR count). The second-order valence-corrected chi connectivity index (χ2v) is 9.72. The molecule has 2 aromatic carbocycles. The van der Waals surface area contributed by atoms with Crippen LogP contribution < -0.4 is 10.2 Å². The molecule has 1 saturated heterocycles. The summed E-state index contributed by atoms with van der Waals surface area (Å²) in [5.41, 5.74) is 4.18. The lowest BCUT2D eigenvalue weighted by atomic mass is 10.1. The van der Waals surface area contributed by atoms with Gasteiger partial charge in [-0.25, -0.2) is 4.79 Å². The van der Waals surface area contributed by atoms with Gasteiger partial charge in [0.2, 0.25) is 0 Å². The van der Waals surface area contributed by atoms with Crippen LogP contribution in [0.5, 0.6) is 5.75 Å². The number of carbonyl (C=O) groups is 3. The van der Waals surface area contributed by atoms with E-state index < -0.39 is 17.8 Å². The van der Waals surface area contributed by atoms with E-state index >= 15 is 0 Å². The molecule has 7 nitrogen and oxygen atoms in total. The molecule has 1 fully saturated rings. The van der Waals surface area contributed by atoms with Crippen molar-refractivity contribution in [2.45, 2.75) is 13.8 Å². The Bertz CT molecular complexity index is 1170. The predicted molar refractivity (Wildman–Crippen MR) is 135 cm³/mol. The number of thiocarbonyl (C=S) groups is 1. The fourth-order valence-corrected chi connectivity index (χ4v) is 4.64. The number of ether oxygens (including phenoxy) is 2. The van der Waals surface area contributed by atoms with Gasteiger partial charge in [-0.1, -0.05) is 45.4 Å². The van der Waals surface area contributed by atoms with Gasteiger partial charge in [0, 0.05) is 10.0 Å². The number of thioether (sulfide) groups is 1. The smallest absolute Gasteiger partial charge is 0.344 e. The summed E-state index contributed by atoms with van der Waals surface area (Å²) in [6.45, 7) is 3.53. The Kier molecular flexibility index (Phi) is 8.52. The van der Waals surface area contributed by atoms with Crippen LogP contribution in [0.15, 0.2) is 45.8 Å². The molecule has 0 saturated carbocycles. The van der Waals surface area contributed by atoms with Crippen molar-refractivity contribution in [1.82, 2.24) is 10.4 Å². The second kappa shape index (κ2) is 11.1. The molecular weight excluding hydrogens is 552 g/mol. The van der Waals surface area contributed by atoms with Gasteiger partial charge >= 0.3 is 5.97 Å². The minimum absolute atomic E-state index is 0.159. The minimum atomic E-state index is -0.557. The third-order valence-electron chi connectivity index (χ3n) is 4.29. The molecule has 0 unspecified atom stereocenters. The van der Waals surface area contributed by atoms with Crippen LogP contribution in [0.25, 0.3) is 6.08 Å². The lowest BCUT2D eigenvalue weighted by molar-refractivity contribution is -0.145. The number of hydrogen-bond acceptors (Lipinski definition) is 7. The molecule has 0 aliphatic carbocycles. The second-order valence-electron chi connectivity index (χ2n) is 6.72. The number of amides is 2. The van der Waals surface area contributed by atoms with Crippen LogP contribution in [0.4, 0.5) is 0 Å². The number of hydrazine groups is 1. The molecule has 0 atom stereocenters. The van der Waals surface area contributed by atoms with Crippen LogP contribution in [0.3, 0.4) is 0 Å². The molecule has 33 heavy (non-hydrogen) atoms. The molecule has 11 heteroatoms. The fraction of sp³-hybridized carbons (Fsp3) is 0.182. The van der Waals surface area contributed by atoms with Gasteiger partial charge in [-0.2, -0.15) is 5.01 Å². The van der Waals surface area contributed by atoms with Crippen molar-refractivity contribution in [3.8, 4) is 5.75 Å². The zero-order chi connectivity index (χ0) is 24.1. The van der Waals surface area contributed by atoms with Gasteiger partial charge in [0.25, 0.3) is 11.8 Å². The lowest BCUT2D eigenvalue weighted by Crippen LogP contribution is -2.44. The highest BCUT2D eigenvalue weighted by molar-refractivity contribution is 9.10. The maximum absolute atomic E-state index is 12.9. The van der Waals surface area contributed by atoms with Gasteiger partial charge in [0.05, 0.1) is 22.1 Å². The van der Waals surface area contributed by atoms with Gasteiger partial charge < -0.3 is 9.47 Å². The van der Waals surface area contributed by atoms with Crippen LogP contribution in [0.1, 0.15) is 28.4 Å². The maximum Gasteiger partial charge on any atom is 0.344 e. The van der Waals surface area contributed by atoms with Crippen LogP contribution in [-0.2, 0) is 14.3 Å². The molecule has 2 amide bonds. The first-order chi connectivity index (χ1) is 15.7. The van der Waals surface area contributed by atoms with E-state index in [9.17, 15) is 14.4 Å². The van der Waals surface area contributed by atoms with E-state index in [2.05, 4.69) is 21.4 Å². The normalized spacial score (nSPS) is 14.5. The third-order valence-corrected chi connectivity index (χ3v) is 6.39. The van der Waals surface area contributed by atoms with E-state index in [0.29, 0.717) is 11.3 Å². The topological polar surface area (TPSA) is 84.9 Å². The van der Waals surface area contributed by atoms with Crippen LogP contribution >= 0.6 is 51.5 Å². The number of benzene rings is 2. The van der Waals surface area contributed by atoms with Crippen LogP contribution in [-0.4, -0.2) is 40.3 Å². The quantitative estimate of drug-likeness (QED) is 0.288. The number of rotatable bonds is 7. The molecule has 1 aliphatic rings. The molecule has 1 aliphatic heterocycles. The standard InChI is InChI=1S/C22H18BrClN2O5S2/c1-3-30-19(27)11-31-17-7-5-14(23)9-13(17)10-18-21(29)26(22(32)33-18)25-20(28)15-6-4-12(2)8-16(15)24/h4-10H,3,11H2,1-2H3,(H,25,28)/b18-10+. The number of halogens is 2. The summed E-state index contributed by atoms with van der Waals surface area (Å²) in [7, 11) is 0. The molecule has 0 radical (unpaired) electrons. The van der Waals surface area contributed by atoms with Crippen molar-refractivity contribution < 1.29 is 23.9 Å². The van der Waals surface area contributed by atoms with Crippen LogP contribution in [0.2, 0.25) is 5.02 Å². The van der Waals surface area contributed by atoms with E-state index in [-0.39, 0.29) is 33.0 Å². The Hall–Kier alpha value is -2.40. The first kappa shape index (κ1) is 25.2. The zero-order valence-electron chi connectivity index (χ0n) is 17.5. The number of aryl methyl sites for hydroxylation is 1. The predicted octanol–water partition coefficient (Wildman–Crippen LogP) is 4.90. The fourth-order valence-electron chi connectivity index (χ4n) is 2.77. The highest BCUT2D eigenvalue weighted by Gasteiger charge is 2.34. The number of nitrogens with zero attached hydrogens (tertiary/aromatic N) is 1.